The van der Waals surface area contributed by atoms with Crippen molar-refractivity contribution in [2.75, 3.05) is 23.3 Å². The van der Waals surface area contributed by atoms with Gasteiger partial charge < -0.3 is 10.2 Å². The van der Waals surface area contributed by atoms with E-state index in [1.807, 2.05) is 30.3 Å². The van der Waals surface area contributed by atoms with E-state index in [1.54, 1.807) is 29.3 Å². The summed E-state index contributed by atoms with van der Waals surface area (Å²) in [6.45, 7) is 6.22. The topological polar surface area (TPSA) is 75.9 Å². The molecule has 0 aliphatic heterocycles. The third kappa shape index (κ3) is 3.94. The van der Waals surface area contributed by atoms with Crippen LogP contribution in [0.3, 0.4) is 0 Å². The van der Waals surface area contributed by atoms with Gasteiger partial charge in [-0.25, -0.2) is 0 Å². The molecule has 1 amide bonds. The number of benzene rings is 2. The second-order valence-corrected chi connectivity index (χ2v) is 6.57. The predicted octanol–water partition coefficient (Wildman–Crippen LogP) is 3.91. The lowest BCUT2D eigenvalue weighted by molar-refractivity contribution is 0.102. The molecule has 0 aliphatic carbocycles. The molecule has 4 aromatic rings. The number of aromatic nitrogens is 4. The maximum atomic E-state index is 12.3. The van der Waals surface area contributed by atoms with Crippen LogP contribution in [0.2, 0.25) is 0 Å². The molecule has 7 nitrogen and oxygen atoms in total. The van der Waals surface area contributed by atoms with E-state index in [1.165, 1.54) is 5.69 Å². The summed E-state index contributed by atoms with van der Waals surface area (Å²) in [4.78, 5) is 20.2. The number of rotatable bonds is 6. The molecule has 29 heavy (non-hydrogen) atoms. The molecule has 0 saturated carbocycles. The lowest BCUT2D eigenvalue weighted by atomic mass is 10.2. The first-order valence-corrected chi connectivity index (χ1v) is 9.62. The Bertz CT molecular complexity index is 1120. The molecule has 2 aromatic heterocycles. The van der Waals surface area contributed by atoms with Gasteiger partial charge >= 0.3 is 0 Å². The average Bonchev–Trinajstić information content (AvgIpc) is 3.19. The van der Waals surface area contributed by atoms with E-state index in [9.17, 15) is 4.79 Å². The Morgan fingerprint density at radius 3 is 2.31 bits per heavy atom. The summed E-state index contributed by atoms with van der Waals surface area (Å²) < 4.78 is 0. The Balaban J connectivity index is 1.56. The Morgan fingerprint density at radius 2 is 1.62 bits per heavy atom. The molecule has 0 saturated heterocycles. The zero-order chi connectivity index (χ0) is 20.2. The third-order valence-corrected chi connectivity index (χ3v) is 4.79. The van der Waals surface area contributed by atoms with Crippen molar-refractivity contribution in [1.82, 2.24) is 20.0 Å². The zero-order valence-electron chi connectivity index (χ0n) is 16.4. The molecular weight excluding hydrogens is 364 g/mol. The molecule has 2 aromatic carbocycles. The lowest BCUT2D eigenvalue weighted by Crippen LogP contribution is -2.21. The Hall–Kier alpha value is -3.74. The largest absolute Gasteiger partial charge is 0.372 e. The van der Waals surface area contributed by atoms with E-state index in [0.717, 1.165) is 24.3 Å². The van der Waals surface area contributed by atoms with E-state index >= 15 is 0 Å². The van der Waals surface area contributed by atoms with Gasteiger partial charge in [-0.1, -0.05) is 0 Å². The maximum absolute atomic E-state index is 12.3. The van der Waals surface area contributed by atoms with Gasteiger partial charge in [0, 0.05) is 42.4 Å². The molecule has 2 heterocycles. The molecule has 0 radical (unpaired) electrons. The van der Waals surface area contributed by atoms with E-state index in [4.69, 9.17) is 0 Å². The summed E-state index contributed by atoms with van der Waals surface area (Å²) in [6.07, 6.45) is 3.18. The van der Waals surface area contributed by atoms with Gasteiger partial charge in [0.15, 0.2) is 0 Å². The van der Waals surface area contributed by atoms with Crippen LogP contribution in [0, 0.1) is 0 Å². The highest BCUT2D eigenvalue weighted by atomic mass is 16.1. The smallest absolute Gasteiger partial charge is 0.255 e. The molecule has 0 atom stereocenters. The zero-order valence-corrected chi connectivity index (χ0v) is 16.4. The fourth-order valence-corrected chi connectivity index (χ4v) is 3.20. The van der Waals surface area contributed by atoms with Crippen LogP contribution in [0.15, 0.2) is 67.0 Å². The Kier molecular flexibility index (Phi) is 5.20. The Morgan fingerprint density at radius 1 is 0.931 bits per heavy atom. The number of hydrogen-bond acceptors (Lipinski definition) is 5. The van der Waals surface area contributed by atoms with Crippen LogP contribution >= 0.6 is 0 Å². The standard InChI is InChI=1S/C22H22N6O/c1-3-27(4-2)18-6-8-19(9-7-18)28-25-20-10-5-17(15-21(20)26-28)24-22(29)16-11-13-23-14-12-16/h5-15H,3-4H2,1-2H3,(H,24,29). The first-order valence-electron chi connectivity index (χ1n) is 9.62. The molecule has 0 aliphatic rings. The summed E-state index contributed by atoms with van der Waals surface area (Å²) in [7, 11) is 0. The monoisotopic (exact) mass is 386 g/mol. The fourth-order valence-electron chi connectivity index (χ4n) is 3.20. The molecule has 0 fully saturated rings. The molecule has 1 N–H and O–H groups in total. The minimum absolute atomic E-state index is 0.189. The van der Waals surface area contributed by atoms with Crippen LogP contribution in [-0.2, 0) is 0 Å². The van der Waals surface area contributed by atoms with Crippen molar-refractivity contribution in [3.05, 3.63) is 72.6 Å². The van der Waals surface area contributed by atoms with Crippen LogP contribution in [0.4, 0.5) is 11.4 Å². The van der Waals surface area contributed by atoms with Crippen molar-refractivity contribution in [3.8, 4) is 5.69 Å². The summed E-state index contributed by atoms with van der Waals surface area (Å²) >= 11 is 0. The number of nitrogens with one attached hydrogen (secondary N) is 1. The summed E-state index contributed by atoms with van der Waals surface area (Å²) in [5.41, 5.74) is 4.77. The van der Waals surface area contributed by atoms with Crippen molar-refractivity contribution < 1.29 is 4.79 Å². The van der Waals surface area contributed by atoms with Crippen molar-refractivity contribution in [3.63, 3.8) is 0 Å². The van der Waals surface area contributed by atoms with Gasteiger partial charge in [0.25, 0.3) is 5.91 Å². The number of carbonyl (C=O) groups is 1. The minimum atomic E-state index is -0.189. The van der Waals surface area contributed by atoms with Gasteiger partial charge in [0.1, 0.15) is 11.0 Å². The number of hydrogen-bond donors (Lipinski definition) is 1. The fraction of sp³-hybridized carbons (Fsp3) is 0.182. The molecule has 146 valence electrons. The van der Waals surface area contributed by atoms with Crippen molar-refractivity contribution in [2.45, 2.75) is 13.8 Å². The van der Waals surface area contributed by atoms with E-state index < -0.39 is 0 Å². The number of carbonyl (C=O) groups excluding carboxylic acids is 1. The maximum Gasteiger partial charge on any atom is 0.255 e. The third-order valence-electron chi connectivity index (χ3n) is 4.79. The van der Waals surface area contributed by atoms with Gasteiger partial charge in [0.05, 0.1) is 5.69 Å². The number of nitrogens with zero attached hydrogens (tertiary/aromatic N) is 5. The second-order valence-electron chi connectivity index (χ2n) is 6.57. The van der Waals surface area contributed by atoms with Gasteiger partial charge in [-0.3, -0.25) is 9.78 Å². The molecule has 0 spiro atoms. The number of pyridine rings is 1. The minimum Gasteiger partial charge on any atom is -0.372 e. The van der Waals surface area contributed by atoms with E-state index in [-0.39, 0.29) is 5.91 Å². The van der Waals surface area contributed by atoms with Gasteiger partial charge in [-0.15, -0.1) is 10.2 Å². The highest BCUT2D eigenvalue weighted by Crippen LogP contribution is 2.20. The van der Waals surface area contributed by atoms with Crippen molar-refractivity contribution in [2.24, 2.45) is 0 Å². The quantitative estimate of drug-likeness (QED) is 0.544. The van der Waals surface area contributed by atoms with Gasteiger partial charge in [-0.2, -0.15) is 4.80 Å². The predicted molar refractivity (Wildman–Crippen MR) is 115 cm³/mol. The number of anilines is 2. The first kappa shape index (κ1) is 18.6. The highest BCUT2D eigenvalue weighted by molar-refractivity contribution is 6.04. The average molecular weight is 386 g/mol. The molecule has 0 bridgehead atoms. The Labute approximate surface area is 169 Å². The normalized spacial score (nSPS) is 10.8. The second kappa shape index (κ2) is 8.10. The number of fused-ring (bicyclic) bond motifs is 1. The summed E-state index contributed by atoms with van der Waals surface area (Å²) in [6, 6.07) is 17.0. The molecule has 7 heteroatoms. The number of amides is 1. The van der Waals surface area contributed by atoms with Gasteiger partial charge in [-0.05, 0) is 68.4 Å². The summed E-state index contributed by atoms with van der Waals surface area (Å²) in [5.74, 6) is -0.189. The molecular formula is C22H22N6O. The summed E-state index contributed by atoms with van der Waals surface area (Å²) in [5, 5.41) is 12.0. The van der Waals surface area contributed by atoms with Crippen LogP contribution in [0.5, 0.6) is 0 Å². The van der Waals surface area contributed by atoms with Crippen molar-refractivity contribution >= 4 is 28.3 Å². The van der Waals surface area contributed by atoms with Crippen LogP contribution in [-0.4, -0.2) is 39.0 Å². The van der Waals surface area contributed by atoms with Crippen LogP contribution < -0.4 is 10.2 Å². The first-order chi connectivity index (χ1) is 14.2. The van der Waals surface area contributed by atoms with E-state index in [0.29, 0.717) is 16.8 Å². The van der Waals surface area contributed by atoms with Crippen LogP contribution in [0.1, 0.15) is 24.2 Å². The van der Waals surface area contributed by atoms with Crippen molar-refractivity contribution in [1.29, 1.82) is 0 Å². The molecule has 4 rings (SSSR count). The van der Waals surface area contributed by atoms with Gasteiger partial charge in [0.2, 0.25) is 0 Å². The lowest BCUT2D eigenvalue weighted by Gasteiger charge is -2.20. The highest BCUT2D eigenvalue weighted by Gasteiger charge is 2.10. The van der Waals surface area contributed by atoms with Crippen LogP contribution in [0.25, 0.3) is 16.7 Å². The van der Waals surface area contributed by atoms with E-state index in [2.05, 4.69) is 51.4 Å². The molecule has 0 unspecified atom stereocenters. The SMILES string of the molecule is CCN(CC)c1ccc(-n2nc3ccc(NC(=O)c4ccncc4)cc3n2)cc1.